The molecule has 5 nitrogen and oxygen atoms in total. The number of aryl methyl sites for hydroxylation is 1. The molecule has 0 amide bonds. The van der Waals surface area contributed by atoms with Gasteiger partial charge >= 0.3 is 0 Å². The molecule has 2 rings (SSSR count). The number of hydrogen-bond acceptors (Lipinski definition) is 4. The maximum atomic E-state index is 4.03. The highest BCUT2D eigenvalue weighted by Crippen LogP contribution is 2.03. The highest BCUT2D eigenvalue weighted by atomic mass is 15.2. The van der Waals surface area contributed by atoms with E-state index < -0.39 is 0 Å². The summed E-state index contributed by atoms with van der Waals surface area (Å²) in [5.41, 5.74) is 2.45. The third-order valence-electron chi connectivity index (χ3n) is 3.92. The van der Waals surface area contributed by atoms with Crippen molar-refractivity contribution in [2.24, 2.45) is 0 Å². The summed E-state index contributed by atoms with van der Waals surface area (Å²) >= 11 is 0. The van der Waals surface area contributed by atoms with Gasteiger partial charge < -0.3 is 15.1 Å². The number of nitrogens with one attached hydrogen (secondary N) is 2. The fraction of sp³-hybridized carbons (Fsp3) is 0.786. The fourth-order valence-electron chi connectivity index (χ4n) is 2.43. The summed E-state index contributed by atoms with van der Waals surface area (Å²) in [7, 11) is 2.21. The lowest BCUT2D eigenvalue weighted by Crippen LogP contribution is -2.44. The number of nitrogens with zero attached hydrogens (tertiary/aromatic N) is 3. The Kier molecular flexibility index (Phi) is 5.82. The molecule has 0 saturated carbocycles. The molecule has 1 fully saturated rings. The summed E-state index contributed by atoms with van der Waals surface area (Å²) < 4.78 is 0. The number of aromatic amines is 1. The molecule has 2 N–H and O–H groups in total. The molecule has 1 aromatic rings. The largest absolute Gasteiger partial charge is 0.313 e. The summed E-state index contributed by atoms with van der Waals surface area (Å²) in [6.45, 7) is 10.2. The van der Waals surface area contributed by atoms with Crippen LogP contribution in [-0.2, 0) is 6.54 Å². The number of H-pyrrole nitrogens is 1. The Labute approximate surface area is 116 Å². The normalized spacial score (nSPS) is 18.0. The van der Waals surface area contributed by atoms with Gasteiger partial charge in [-0.3, -0.25) is 5.10 Å². The van der Waals surface area contributed by atoms with Crippen LogP contribution in [-0.4, -0.2) is 66.3 Å². The van der Waals surface area contributed by atoms with E-state index in [-0.39, 0.29) is 0 Å². The third-order valence-corrected chi connectivity index (χ3v) is 3.92. The molecular weight excluding hydrogens is 238 g/mol. The molecule has 1 aliphatic rings. The van der Waals surface area contributed by atoms with Crippen molar-refractivity contribution >= 4 is 0 Å². The fourth-order valence-corrected chi connectivity index (χ4v) is 2.43. The highest BCUT2D eigenvalue weighted by molar-refractivity contribution is 5.13. The number of aromatic nitrogens is 2. The predicted molar refractivity (Wildman–Crippen MR) is 78.2 cm³/mol. The Bertz CT molecular complexity index is 354. The Hall–Kier alpha value is -0.910. The van der Waals surface area contributed by atoms with Crippen molar-refractivity contribution in [3.05, 3.63) is 17.5 Å². The van der Waals surface area contributed by atoms with Crippen LogP contribution in [0, 0.1) is 6.92 Å². The minimum Gasteiger partial charge on any atom is -0.313 e. The lowest BCUT2D eigenvalue weighted by molar-refractivity contribution is 0.152. The molecular formula is C14H27N5. The van der Waals surface area contributed by atoms with E-state index in [1.54, 1.807) is 0 Å². The van der Waals surface area contributed by atoms with Crippen molar-refractivity contribution in [1.29, 1.82) is 0 Å². The van der Waals surface area contributed by atoms with E-state index >= 15 is 0 Å². The Morgan fingerprint density at radius 3 is 2.74 bits per heavy atom. The van der Waals surface area contributed by atoms with Gasteiger partial charge in [0.05, 0.1) is 6.20 Å². The van der Waals surface area contributed by atoms with E-state index in [0.717, 1.165) is 13.1 Å². The van der Waals surface area contributed by atoms with Crippen molar-refractivity contribution in [3.8, 4) is 0 Å². The number of piperazine rings is 1. The molecule has 1 aliphatic heterocycles. The van der Waals surface area contributed by atoms with Crippen LogP contribution in [0.5, 0.6) is 0 Å². The highest BCUT2D eigenvalue weighted by Gasteiger charge is 2.12. The van der Waals surface area contributed by atoms with Gasteiger partial charge in [-0.1, -0.05) is 0 Å². The smallest absolute Gasteiger partial charge is 0.0535 e. The Morgan fingerprint density at radius 2 is 2.05 bits per heavy atom. The average molecular weight is 265 g/mol. The van der Waals surface area contributed by atoms with Crippen LogP contribution in [0.1, 0.15) is 24.1 Å². The molecule has 0 atom stereocenters. The van der Waals surface area contributed by atoms with Gasteiger partial charge in [0.1, 0.15) is 0 Å². The standard InChI is InChI=1S/C14H27N5/c1-13-14(12-16-17-13)11-15-5-3-4-6-19-9-7-18(2)8-10-19/h12,15H,3-11H2,1-2H3,(H,16,17). The molecule has 5 heteroatoms. The Balaban J connectivity index is 1.47. The first-order valence-corrected chi connectivity index (χ1v) is 7.36. The zero-order valence-electron chi connectivity index (χ0n) is 12.3. The van der Waals surface area contributed by atoms with E-state index in [0.29, 0.717) is 0 Å². The van der Waals surface area contributed by atoms with Gasteiger partial charge in [0, 0.05) is 44.0 Å². The van der Waals surface area contributed by atoms with Gasteiger partial charge in [-0.05, 0) is 39.9 Å². The van der Waals surface area contributed by atoms with Crippen LogP contribution in [0.25, 0.3) is 0 Å². The molecule has 0 aromatic carbocycles. The second kappa shape index (κ2) is 7.62. The monoisotopic (exact) mass is 265 g/mol. The van der Waals surface area contributed by atoms with Crippen LogP contribution in [0.2, 0.25) is 0 Å². The van der Waals surface area contributed by atoms with Crippen LogP contribution in [0.15, 0.2) is 6.20 Å². The first-order chi connectivity index (χ1) is 9.25. The number of likely N-dealkylation sites (N-methyl/N-ethyl adjacent to an activating group) is 1. The number of rotatable bonds is 7. The molecule has 0 bridgehead atoms. The summed E-state index contributed by atoms with van der Waals surface area (Å²) in [6, 6.07) is 0. The van der Waals surface area contributed by atoms with Gasteiger partial charge in [0.25, 0.3) is 0 Å². The molecule has 0 spiro atoms. The zero-order chi connectivity index (χ0) is 13.5. The SMILES string of the molecule is Cc1[nH]ncc1CNCCCCN1CCN(C)CC1. The van der Waals surface area contributed by atoms with E-state index in [1.165, 1.54) is 56.8 Å². The molecule has 1 aromatic heterocycles. The van der Waals surface area contributed by atoms with E-state index in [1.807, 2.05) is 6.20 Å². The van der Waals surface area contributed by atoms with Gasteiger partial charge in [0.15, 0.2) is 0 Å². The van der Waals surface area contributed by atoms with Gasteiger partial charge in [-0.15, -0.1) is 0 Å². The lowest BCUT2D eigenvalue weighted by Gasteiger charge is -2.32. The second-order valence-electron chi connectivity index (χ2n) is 5.55. The van der Waals surface area contributed by atoms with Gasteiger partial charge in [-0.2, -0.15) is 5.10 Å². The maximum absolute atomic E-state index is 4.03. The summed E-state index contributed by atoms with van der Waals surface area (Å²) in [5, 5.41) is 10.5. The summed E-state index contributed by atoms with van der Waals surface area (Å²) in [5.74, 6) is 0. The van der Waals surface area contributed by atoms with Crippen LogP contribution in [0.3, 0.4) is 0 Å². The first-order valence-electron chi connectivity index (χ1n) is 7.36. The molecule has 19 heavy (non-hydrogen) atoms. The van der Waals surface area contributed by atoms with Gasteiger partial charge in [-0.25, -0.2) is 0 Å². The first kappa shape index (κ1) is 14.5. The third kappa shape index (κ3) is 4.93. The van der Waals surface area contributed by atoms with Crippen molar-refractivity contribution in [2.75, 3.05) is 46.3 Å². The topological polar surface area (TPSA) is 47.2 Å². The minimum atomic E-state index is 0.927. The lowest BCUT2D eigenvalue weighted by atomic mass is 10.2. The summed E-state index contributed by atoms with van der Waals surface area (Å²) in [4.78, 5) is 4.99. The van der Waals surface area contributed by atoms with Gasteiger partial charge in [0.2, 0.25) is 0 Å². The second-order valence-corrected chi connectivity index (χ2v) is 5.55. The van der Waals surface area contributed by atoms with Crippen molar-refractivity contribution in [2.45, 2.75) is 26.3 Å². The van der Waals surface area contributed by atoms with Crippen molar-refractivity contribution < 1.29 is 0 Å². The van der Waals surface area contributed by atoms with Crippen LogP contribution in [0.4, 0.5) is 0 Å². The molecule has 1 saturated heterocycles. The number of hydrogen-bond donors (Lipinski definition) is 2. The molecule has 0 unspecified atom stereocenters. The predicted octanol–water partition coefficient (Wildman–Crippen LogP) is 0.835. The summed E-state index contributed by atoms with van der Waals surface area (Å²) in [6.07, 6.45) is 4.46. The van der Waals surface area contributed by atoms with E-state index in [4.69, 9.17) is 0 Å². The van der Waals surface area contributed by atoms with E-state index in [9.17, 15) is 0 Å². The minimum absolute atomic E-state index is 0.927. The number of unbranched alkanes of at least 4 members (excludes halogenated alkanes) is 1. The van der Waals surface area contributed by atoms with E-state index in [2.05, 4.69) is 39.3 Å². The maximum Gasteiger partial charge on any atom is 0.0535 e. The van der Waals surface area contributed by atoms with Crippen LogP contribution < -0.4 is 5.32 Å². The molecule has 2 heterocycles. The molecule has 108 valence electrons. The van der Waals surface area contributed by atoms with Crippen molar-refractivity contribution in [1.82, 2.24) is 25.3 Å². The zero-order valence-corrected chi connectivity index (χ0v) is 12.3. The molecule has 0 aliphatic carbocycles. The average Bonchev–Trinajstić information content (AvgIpc) is 2.81. The van der Waals surface area contributed by atoms with Crippen LogP contribution >= 0.6 is 0 Å². The van der Waals surface area contributed by atoms with Crippen molar-refractivity contribution in [3.63, 3.8) is 0 Å². The Morgan fingerprint density at radius 1 is 1.26 bits per heavy atom. The molecule has 0 radical (unpaired) electrons. The quantitative estimate of drug-likeness (QED) is 0.717.